The zero-order valence-corrected chi connectivity index (χ0v) is 13.5. The highest BCUT2D eigenvalue weighted by molar-refractivity contribution is 7.89. The van der Waals surface area contributed by atoms with Crippen LogP contribution in [-0.4, -0.2) is 28.1 Å². The van der Waals surface area contributed by atoms with Gasteiger partial charge in [0.05, 0.1) is 24.1 Å². The smallest absolute Gasteiger partial charge is 0.240 e. The van der Waals surface area contributed by atoms with Gasteiger partial charge in [-0.1, -0.05) is 25.2 Å². The van der Waals surface area contributed by atoms with E-state index in [2.05, 4.69) is 16.6 Å². The van der Waals surface area contributed by atoms with Gasteiger partial charge in [-0.25, -0.2) is 13.1 Å². The van der Waals surface area contributed by atoms with Crippen molar-refractivity contribution in [1.82, 2.24) is 4.72 Å². The Hall–Kier alpha value is -1.55. The van der Waals surface area contributed by atoms with Crippen LogP contribution in [0.15, 0.2) is 23.1 Å². The Bertz CT molecular complexity index is 630. The quantitative estimate of drug-likeness (QED) is 0.780. The highest BCUT2D eigenvalue weighted by Gasteiger charge is 2.18. The van der Waals surface area contributed by atoms with E-state index in [9.17, 15) is 8.42 Å². The molecular formula is C15H22N2O3S. The first-order chi connectivity index (χ1) is 9.94. The molecule has 0 spiro atoms. The molecule has 5 nitrogen and oxygen atoms in total. The zero-order valence-electron chi connectivity index (χ0n) is 12.6. The van der Waals surface area contributed by atoms with E-state index in [0.29, 0.717) is 11.3 Å². The van der Waals surface area contributed by atoms with Gasteiger partial charge in [-0.2, -0.15) is 0 Å². The topological polar surface area (TPSA) is 81.4 Å². The summed E-state index contributed by atoms with van der Waals surface area (Å²) < 4.78 is 32.5. The third kappa shape index (κ3) is 5.05. The fourth-order valence-corrected chi connectivity index (χ4v) is 3.23. The molecule has 21 heavy (non-hydrogen) atoms. The maximum Gasteiger partial charge on any atom is 0.240 e. The molecule has 0 saturated heterocycles. The lowest BCUT2D eigenvalue weighted by Gasteiger charge is -2.14. The Labute approximate surface area is 126 Å². The number of hydrogen-bond acceptors (Lipinski definition) is 4. The van der Waals surface area contributed by atoms with Gasteiger partial charge in [0.15, 0.2) is 0 Å². The van der Waals surface area contributed by atoms with Crippen LogP contribution in [0.3, 0.4) is 0 Å². The summed E-state index contributed by atoms with van der Waals surface area (Å²) in [6.07, 6.45) is 1.70. The van der Waals surface area contributed by atoms with E-state index in [0.717, 1.165) is 12.8 Å². The minimum absolute atomic E-state index is 0.110. The van der Waals surface area contributed by atoms with Gasteiger partial charge in [0.1, 0.15) is 5.75 Å². The van der Waals surface area contributed by atoms with Crippen LogP contribution in [0, 0.1) is 11.8 Å². The van der Waals surface area contributed by atoms with E-state index >= 15 is 0 Å². The molecule has 0 aliphatic carbocycles. The highest BCUT2D eigenvalue weighted by atomic mass is 32.2. The monoisotopic (exact) mass is 310 g/mol. The lowest BCUT2D eigenvalue weighted by Crippen LogP contribution is -2.32. The van der Waals surface area contributed by atoms with Gasteiger partial charge in [0.2, 0.25) is 10.0 Å². The minimum Gasteiger partial charge on any atom is -0.495 e. The summed E-state index contributed by atoms with van der Waals surface area (Å²) in [4.78, 5) is 0.174. The molecule has 0 saturated carbocycles. The molecule has 3 N–H and O–H groups in total. The van der Waals surface area contributed by atoms with E-state index in [1.54, 1.807) is 6.07 Å². The van der Waals surface area contributed by atoms with Crippen molar-refractivity contribution in [2.75, 3.05) is 13.7 Å². The van der Waals surface area contributed by atoms with Crippen molar-refractivity contribution >= 4 is 10.0 Å². The normalized spacial score (nSPS) is 12.4. The lowest BCUT2D eigenvalue weighted by molar-refractivity contribution is 0.413. The molecule has 0 fully saturated rings. The number of hydrogen-bond donors (Lipinski definition) is 2. The third-order valence-electron chi connectivity index (χ3n) is 2.88. The van der Waals surface area contributed by atoms with Crippen LogP contribution in [0.1, 0.15) is 32.3 Å². The minimum atomic E-state index is -3.56. The van der Waals surface area contributed by atoms with E-state index in [1.165, 1.54) is 19.2 Å². The first kappa shape index (κ1) is 17.5. The van der Waals surface area contributed by atoms with E-state index in [-0.39, 0.29) is 17.5 Å². The van der Waals surface area contributed by atoms with Crippen molar-refractivity contribution in [3.63, 3.8) is 0 Å². The summed E-state index contributed by atoms with van der Waals surface area (Å²) in [5.74, 6) is 6.05. The number of methoxy groups -OCH3 is 1. The average Bonchev–Trinajstić information content (AvgIpc) is 2.44. The van der Waals surface area contributed by atoms with Crippen LogP contribution < -0.4 is 15.2 Å². The Morgan fingerprint density at radius 3 is 2.71 bits per heavy atom. The molecule has 0 heterocycles. The maximum atomic E-state index is 12.3. The van der Waals surface area contributed by atoms with Crippen molar-refractivity contribution in [1.29, 1.82) is 0 Å². The Balaban J connectivity index is 3.13. The van der Waals surface area contributed by atoms with Gasteiger partial charge in [-0.3, -0.25) is 0 Å². The second kappa shape index (κ2) is 8.03. The zero-order chi connectivity index (χ0) is 15.9. The number of nitrogens with one attached hydrogen (secondary N) is 1. The molecule has 1 rings (SSSR count). The standard InChI is InChI=1S/C15H22N2O3S/c1-4-6-12(2)17-21(18,19)14-8-9-15(20-3)13(11-14)7-5-10-16/h8-9,11-12,17H,4,6,10,16H2,1-3H3. The molecule has 0 aromatic heterocycles. The number of sulfonamides is 1. The molecule has 0 bridgehead atoms. The number of rotatable bonds is 6. The van der Waals surface area contributed by atoms with Crippen LogP contribution in [0.5, 0.6) is 5.75 Å². The summed E-state index contributed by atoms with van der Waals surface area (Å²) >= 11 is 0. The number of nitrogens with two attached hydrogens (primary N) is 1. The average molecular weight is 310 g/mol. The molecule has 0 aliphatic rings. The predicted octanol–water partition coefficient (Wildman–Crippen LogP) is 1.47. The van der Waals surface area contributed by atoms with Crippen LogP contribution in [-0.2, 0) is 10.0 Å². The Kier molecular flexibility index (Phi) is 6.69. The second-order valence-electron chi connectivity index (χ2n) is 4.68. The number of ether oxygens (including phenoxy) is 1. The van der Waals surface area contributed by atoms with E-state index < -0.39 is 10.0 Å². The Morgan fingerprint density at radius 1 is 1.43 bits per heavy atom. The van der Waals surface area contributed by atoms with E-state index in [4.69, 9.17) is 10.5 Å². The van der Waals surface area contributed by atoms with Gasteiger partial charge >= 0.3 is 0 Å². The largest absolute Gasteiger partial charge is 0.495 e. The van der Waals surface area contributed by atoms with Gasteiger partial charge in [-0.05, 0) is 31.5 Å². The highest BCUT2D eigenvalue weighted by Crippen LogP contribution is 2.22. The predicted molar refractivity (Wildman–Crippen MR) is 83.6 cm³/mol. The summed E-state index contributed by atoms with van der Waals surface area (Å²) in [5.41, 5.74) is 5.85. The fourth-order valence-electron chi connectivity index (χ4n) is 1.92. The van der Waals surface area contributed by atoms with Crippen LogP contribution in [0.4, 0.5) is 0 Å². The molecule has 0 amide bonds. The molecular weight excluding hydrogens is 288 g/mol. The van der Waals surface area contributed by atoms with Gasteiger partial charge in [0.25, 0.3) is 0 Å². The third-order valence-corrected chi connectivity index (χ3v) is 4.47. The molecule has 1 aromatic carbocycles. The molecule has 1 unspecified atom stereocenters. The first-order valence-corrected chi connectivity index (χ1v) is 8.32. The van der Waals surface area contributed by atoms with Crippen molar-refractivity contribution in [3.05, 3.63) is 23.8 Å². The first-order valence-electron chi connectivity index (χ1n) is 6.84. The molecule has 116 valence electrons. The van der Waals surface area contributed by atoms with Gasteiger partial charge in [-0.15, -0.1) is 0 Å². The summed E-state index contributed by atoms with van der Waals surface area (Å²) in [6, 6.07) is 4.50. The van der Waals surface area contributed by atoms with Crippen LogP contribution in [0.25, 0.3) is 0 Å². The second-order valence-corrected chi connectivity index (χ2v) is 6.39. The van der Waals surface area contributed by atoms with Crippen molar-refractivity contribution in [2.24, 2.45) is 5.73 Å². The SMILES string of the molecule is CCCC(C)NS(=O)(=O)c1ccc(OC)c(C#CCN)c1. The lowest BCUT2D eigenvalue weighted by atomic mass is 10.2. The summed E-state index contributed by atoms with van der Waals surface area (Å²) in [6.45, 7) is 4.06. The van der Waals surface area contributed by atoms with Crippen LogP contribution >= 0.6 is 0 Å². The van der Waals surface area contributed by atoms with Gasteiger partial charge in [0, 0.05) is 6.04 Å². The summed E-state index contributed by atoms with van der Waals surface area (Å²) in [5, 5.41) is 0. The molecule has 1 atom stereocenters. The van der Waals surface area contributed by atoms with Crippen LogP contribution in [0.2, 0.25) is 0 Å². The van der Waals surface area contributed by atoms with Gasteiger partial charge < -0.3 is 10.5 Å². The van der Waals surface area contributed by atoms with Crippen molar-refractivity contribution in [2.45, 2.75) is 37.6 Å². The molecule has 0 aliphatic heterocycles. The maximum absolute atomic E-state index is 12.3. The van der Waals surface area contributed by atoms with E-state index in [1.807, 2.05) is 13.8 Å². The molecule has 1 aromatic rings. The summed E-state index contributed by atoms with van der Waals surface area (Å²) in [7, 11) is -2.05. The Morgan fingerprint density at radius 2 is 2.14 bits per heavy atom. The van der Waals surface area contributed by atoms with Crippen molar-refractivity contribution < 1.29 is 13.2 Å². The molecule has 6 heteroatoms. The van der Waals surface area contributed by atoms with Crippen molar-refractivity contribution in [3.8, 4) is 17.6 Å². The number of benzene rings is 1. The molecule has 0 radical (unpaired) electrons. The fraction of sp³-hybridized carbons (Fsp3) is 0.467.